The minimum absolute atomic E-state index is 0.0355. The van der Waals surface area contributed by atoms with Crippen molar-refractivity contribution >= 4 is 28.8 Å². The number of nitrogens with two attached hydrogens (primary N) is 2. The highest BCUT2D eigenvalue weighted by atomic mass is 16.3. The molecule has 0 aromatic heterocycles. The second-order valence-corrected chi connectivity index (χ2v) is 7.01. The van der Waals surface area contributed by atoms with Crippen LogP contribution in [-0.2, 0) is 0 Å². The molecule has 9 nitrogen and oxygen atoms in total. The van der Waals surface area contributed by atoms with Crippen LogP contribution < -0.4 is 16.8 Å². The van der Waals surface area contributed by atoms with Crippen LogP contribution in [0.2, 0.25) is 0 Å². The van der Waals surface area contributed by atoms with Crippen molar-refractivity contribution in [2.24, 2.45) is 0 Å². The van der Waals surface area contributed by atoms with Gasteiger partial charge in [-0.25, -0.2) is 0 Å². The molecule has 0 saturated carbocycles. The summed E-state index contributed by atoms with van der Waals surface area (Å²) >= 11 is 0. The molecule has 4 rings (SSSR count). The normalized spacial score (nSPS) is 12.3. The first-order valence-corrected chi connectivity index (χ1v) is 9.09. The van der Waals surface area contributed by atoms with E-state index >= 15 is 0 Å². The number of benzene rings is 3. The molecule has 1 aliphatic rings. The Morgan fingerprint density at radius 2 is 1.42 bits per heavy atom. The van der Waals surface area contributed by atoms with E-state index in [1.54, 1.807) is 0 Å². The van der Waals surface area contributed by atoms with Crippen molar-refractivity contribution in [3.63, 3.8) is 0 Å². The lowest BCUT2D eigenvalue weighted by molar-refractivity contribution is 0.0959. The van der Waals surface area contributed by atoms with Crippen molar-refractivity contribution < 1.29 is 29.7 Å². The van der Waals surface area contributed by atoms with Crippen LogP contribution in [0.3, 0.4) is 0 Å². The minimum atomic E-state index is -0.769. The van der Waals surface area contributed by atoms with Crippen molar-refractivity contribution in [1.29, 1.82) is 0 Å². The Kier molecular flexibility index (Phi) is 4.32. The molecule has 0 fully saturated rings. The van der Waals surface area contributed by atoms with Crippen molar-refractivity contribution in [3.8, 4) is 28.4 Å². The Morgan fingerprint density at radius 1 is 0.806 bits per heavy atom. The number of hydrogen-bond donors (Lipinski definition) is 6. The maximum atomic E-state index is 13.2. The molecule has 3 aromatic carbocycles. The number of aromatic hydroxyl groups is 3. The highest BCUT2D eigenvalue weighted by Crippen LogP contribution is 2.45. The van der Waals surface area contributed by atoms with Crippen LogP contribution in [0, 0.1) is 0 Å². The molecule has 0 atom stereocenters. The van der Waals surface area contributed by atoms with Gasteiger partial charge in [-0.3, -0.25) is 14.4 Å². The molecule has 156 valence electrons. The number of phenolic OH excluding ortho intramolecular Hbond substituents is 3. The van der Waals surface area contributed by atoms with Crippen LogP contribution in [0.5, 0.6) is 17.2 Å². The summed E-state index contributed by atoms with van der Waals surface area (Å²) in [4.78, 5) is 38.2. The van der Waals surface area contributed by atoms with Gasteiger partial charge < -0.3 is 32.1 Å². The molecule has 0 unspecified atom stereocenters. The van der Waals surface area contributed by atoms with Crippen molar-refractivity contribution in [2.45, 2.75) is 0 Å². The van der Waals surface area contributed by atoms with Gasteiger partial charge in [0.15, 0.2) is 0 Å². The summed E-state index contributed by atoms with van der Waals surface area (Å²) in [5.41, 5.74) is 11.0. The zero-order chi connectivity index (χ0) is 22.6. The Balaban J connectivity index is 2.00. The van der Waals surface area contributed by atoms with Gasteiger partial charge in [-0.1, -0.05) is 6.07 Å². The number of ketones is 2. The summed E-state index contributed by atoms with van der Waals surface area (Å²) in [7, 11) is 1.39. The lowest BCUT2D eigenvalue weighted by Gasteiger charge is -2.23. The lowest BCUT2D eigenvalue weighted by atomic mass is 9.80. The number of nitrogen functional groups attached to an aromatic ring is 2. The molecule has 8 N–H and O–H groups in total. The summed E-state index contributed by atoms with van der Waals surface area (Å²) in [5, 5.41) is 33.4. The van der Waals surface area contributed by atoms with Crippen molar-refractivity contribution in [3.05, 3.63) is 64.2 Å². The zero-order valence-corrected chi connectivity index (χ0v) is 16.2. The van der Waals surface area contributed by atoms with Crippen LogP contribution in [-0.4, -0.2) is 39.8 Å². The third kappa shape index (κ3) is 2.75. The molecule has 1 amide bonds. The average Bonchev–Trinajstić information content (AvgIpc) is 2.74. The predicted molar refractivity (Wildman–Crippen MR) is 112 cm³/mol. The maximum Gasteiger partial charge on any atom is 0.254 e. The molecule has 0 saturated heterocycles. The zero-order valence-electron chi connectivity index (χ0n) is 16.2. The second-order valence-electron chi connectivity index (χ2n) is 7.01. The van der Waals surface area contributed by atoms with Crippen LogP contribution in [0.4, 0.5) is 11.4 Å². The topological polar surface area (TPSA) is 176 Å². The Morgan fingerprint density at radius 3 is 2.10 bits per heavy atom. The minimum Gasteiger partial charge on any atom is -0.507 e. The van der Waals surface area contributed by atoms with E-state index in [0.29, 0.717) is 0 Å². The van der Waals surface area contributed by atoms with Crippen molar-refractivity contribution in [2.75, 3.05) is 18.5 Å². The monoisotopic (exact) mass is 419 g/mol. The highest BCUT2D eigenvalue weighted by Gasteiger charge is 2.38. The summed E-state index contributed by atoms with van der Waals surface area (Å²) < 4.78 is 0. The molecule has 0 aliphatic heterocycles. The average molecular weight is 419 g/mol. The summed E-state index contributed by atoms with van der Waals surface area (Å²) in [6.07, 6.45) is 0. The van der Waals surface area contributed by atoms with Gasteiger partial charge in [0.1, 0.15) is 17.2 Å². The number of nitrogens with one attached hydrogen (secondary N) is 1. The van der Waals surface area contributed by atoms with Gasteiger partial charge in [0.05, 0.1) is 27.8 Å². The standard InChI is InChI=1S/C22H17N3O6/c1-25-22(31)10-6-8(2-4-13(10)26)9-7-12(24)16-18(19(9)28)21(30)15-11(23)3-5-14(27)17(15)20(16)29/h2-7,26-28H,23-24H2,1H3,(H,25,31). The largest absolute Gasteiger partial charge is 0.507 e. The van der Waals surface area contributed by atoms with E-state index in [9.17, 15) is 29.7 Å². The second kappa shape index (κ2) is 6.77. The van der Waals surface area contributed by atoms with Gasteiger partial charge in [-0.05, 0) is 35.9 Å². The lowest BCUT2D eigenvalue weighted by Crippen LogP contribution is -2.24. The Bertz CT molecular complexity index is 1330. The number of rotatable bonds is 2. The van der Waals surface area contributed by atoms with E-state index in [2.05, 4.69) is 5.32 Å². The Hall–Kier alpha value is -4.53. The van der Waals surface area contributed by atoms with Crippen molar-refractivity contribution in [1.82, 2.24) is 5.32 Å². The van der Waals surface area contributed by atoms with Crippen LogP contribution in [0.25, 0.3) is 11.1 Å². The van der Waals surface area contributed by atoms with Crippen LogP contribution >= 0.6 is 0 Å². The molecule has 0 bridgehead atoms. The first-order chi connectivity index (χ1) is 14.7. The number of anilines is 2. The molecule has 31 heavy (non-hydrogen) atoms. The molecular weight excluding hydrogens is 402 g/mol. The summed E-state index contributed by atoms with van der Waals surface area (Å²) in [6.45, 7) is 0. The number of carbonyl (C=O) groups excluding carboxylic acids is 3. The Labute approximate surface area is 175 Å². The smallest absolute Gasteiger partial charge is 0.254 e. The molecule has 1 aliphatic carbocycles. The molecule has 9 heteroatoms. The van der Waals surface area contributed by atoms with Crippen LogP contribution in [0.15, 0.2) is 36.4 Å². The van der Waals surface area contributed by atoms with Gasteiger partial charge in [0.2, 0.25) is 11.6 Å². The van der Waals surface area contributed by atoms with E-state index in [1.807, 2.05) is 0 Å². The number of fused-ring (bicyclic) bond motifs is 2. The first-order valence-electron chi connectivity index (χ1n) is 9.09. The van der Waals surface area contributed by atoms with Crippen LogP contribution in [0.1, 0.15) is 42.2 Å². The fourth-order valence-electron chi connectivity index (χ4n) is 3.73. The quantitative estimate of drug-likeness (QED) is 0.210. The number of carbonyl (C=O) groups is 3. The number of hydrogen-bond acceptors (Lipinski definition) is 8. The molecule has 0 heterocycles. The summed E-state index contributed by atoms with van der Waals surface area (Å²) in [5.74, 6) is -3.32. The molecule has 0 spiro atoms. The third-order valence-electron chi connectivity index (χ3n) is 5.23. The van der Waals surface area contributed by atoms with E-state index in [0.717, 1.165) is 0 Å². The van der Waals surface area contributed by atoms with E-state index < -0.39 is 29.0 Å². The molecule has 0 radical (unpaired) electrons. The van der Waals surface area contributed by atoms with Gasteiger partial charge in [-0.2, -0.15) is 0 Å². The fourth-order valence-corrected chi connectivity index (χ4v) is 3.73. The van der Waals surface area contributed by atoms with Gasteiger partial charge in [-0.15, -0.1) is 0 Å². The van der Waals surface area contributed by atoms with E-state index in [1.165, 1.54) is 43.4 Å². The molecule has 3 aromatic rings. The molecular formula is C22H17N3O6. The maximum absolute atomic E-state index is 13.2. The van der Waals surface area contributed by atoms with E-state index in [4.69, 9.17) is 11.5 Å². The van der Waals surface area contributed by atoms with Gasteiger partial charge in [0, 0.05) is 24.0 Å². The SMILES string of the molecule is CNC(=O)c1cc(-c2cc(N)c3c(c2O)C(=O)c2c(N)ccc(O)c2C3=O)ccc1O. The summed E-state index contributed by atoms with van der Waals surface area (Å²) in [6, 6.07) is 7.76. The fraction of sp³-hybridized carbons (Fsp3) is 0.0455. The van der Waals surface area contributed by atoms with Gasteiger partial charge in [0.25, 0.3) is 5.91 Å². The number of amides is 1. The first kappa shape index (κ1) is 19.8. The van der Waals surface area contributed by atoms with E-state index in [-0.39, 0.29) is 56.1 Å². The number of phenols is 3. The predicted octanol–water partition coefficient (Wildman–Crippen LogP) is 1.77. The van der Waals surface area contributed by atoms with Gasteiger partial charge >= 0.3 is 0 Å². The highest BCUT2D eigenvalue weighted by molar-refractivity contribution is 6.33. The third-order valence-corrected chi connectivity index (χ3v) is 5.23.